The second-order valence-electron chi connectivity index (χ2n) is 12.5. The van der Waals surface area contributed by atoms with Crippen LogP contribution in [0.5, 0.6) is 0 Å². The summed E-state index contributed by atoms with van der Waals surface area (Å²) in [4.78, 5) is 29.5. The van der Waals surface area contributed by atoms with Crippen LogP contribution in [0.2, 0.25) is 0 Å². The highest BCUT2D eigenvalue weighted by molar-refractivity contribution is 6.13. The van der Waals surface area contributed by atoms with Gasteiger partial charge in [0.15, 0.2) is 5.84 Å². The largest absolute Gasteiger partial charge is 0.333 e. The SMILES string of the molecule is C/C=C(\C)c1ccncc1.CN1C(c2ccc(-c3ccccn3)cc2)=NC(c2ccc(-c3ccccn3)cc2)=NC1c1ccc(-c2ccncc2)cc1. The average Bonchev–Trinajstić information content (AvgIpc) is 3.25. The van der Waals surface area contributed by atoms with Gasteiger partial charge in [-0.1, -0.05) is 91.0 Å². The molecule has 0 aliphatic carbocycles. The van der Waals surface area contributed by atoms with Crippen molar-refractivity contribution in [2.24, 2.45) is 9.98 Å². The first-order chi connectivity index (χ1) is 26.1. The van der Waals surface area contributed by atoms with Crippen molar-refractivity contribution in [3.05, 3.63) is 199 Å². The first-order valence-corrected chi connectivity index (χ1v) is 17.5. The average molecular weight is 690 g/mol. The fraction of sp³-hybridized carbons (Fsp3) is 0.0870. The van der Waals surface area contributed by atoms with Crippen molar-refractivity contribution in [3.8, 4) is 33.6 Å². The van der Waals surface area contributed by atoms with Crippen LogP contribution in [0.3, 0.4) is 0 Å². The molecular weight excluding hydrogens is 651 g/mol. The van der Waals surface area contributed by atoms with Gasteiger partial charge in [0, 0.05) is 66.5 Å². The topological polar surface area (TPSA) is 79.5 Å². The smallest absolute Gasteiger partial charge is 0.159 e. The van der Waals surface area contributed by atoms with Gasteiger partial charge in [-0.2, -0.15) is 0 Å². The van der Waals surface area contributed by atoms with Gasteiger partial charge in [-0.25, -0.2) is 9.98 Å². The van der Waals surface area contributed by atoms with Gasteiger partial charge in [0.2, 0.25) is 0 Å². The van der Waals surface area contributed by atoms with Crippen molar-refractivity contribution in [2.45, 2.75) is 20.0 Å². The summed E-state index contributed by atoms with van der Waals surface area (Å²) in [5.41, 5.74) is 11.8. The van der Waals surface area contributed by atoms with E-state index in [2.05, 4.69) is 118 Å². The van der Waals surface area contributed by atoms with Crippen LogP contribution in [-0.2, 0) is 0 Å². The lowest BCUT2D eigenvalue weighted by molar-refractivity contribution is 0.383. The van der Waals surface area contributed by atoms with E-state index >= 15 is 0 Å². The van der Waals surface area contributed by atoms with E-state index in [4.69, 9.17) is 9.98 Å². The lowest BCUT2D eigenvalue weighted by Crippen LogP contribution is -2.35. The molecule has 1 aliphatic rings. The summed E-state index contributed by atoms with van der Waals surface area (Å²) < 4.78 is 0. The molecule has 8 rings (SSSR count). The number of aromatic nitrogens is 4. The Balaban J connectivity index is 0.000000379. The molecule has 5 heterocycles. The first kappa shape index (κ1) is 34.6. The number of aliphatic imine (C=N–C) groups is 2. The first-order valence-electron chi connectivity index (χ1n) is 17.5. The Morgan fingerprint density at radius 2 is 1.02 bits per heavy atom. The van der Waals surface area contributed by atoms with Crippen LogP contribution in [0, 0.1) is 0 Å². The standard InChI is InChI=1S/C37H28N6.C9H11N/c1-43-36(31-16-8-26(9-17-31)27-20-24-38-25-21-27)41-35(30-14-10-28(11-15-30)33-6-2-4-22-39-33)42-37(43)32-18-12-29(13-19-32)34-7-3-5-23-40-34;1-3-8(2)9-4-6-10-7-5-9/h2-25,36H,1H3;3-7H,1-2H3/b;8-3+. The van der Waals surface area contributed by atoms with Gasteiger partial charge in [0.05, 0.1) is 11.4 Å². The van der Waals surface area contributed by atoms with E-state index in [1.165, 1.54) is 11.1 Å². The van der Waals surface area contributed by atoms with Crippen LogP contribution in [0.25, 0.3) is 39.2 Å². The Labute approximate surface area is 310 Å². The molecule has 0 saturated heterocycles. The van der Waals surface area contributed by atoms with Crippen molar-refractivity contribution >= 4 is 17.2 Å². The Bertz CT molecular complexity index is 2320. The van der Waals surface area contributed by atoms with Crippen LogP contribution >= 0.6 is 0 Å². The fourth-order valence-corrected chi connectivity index (χ4v) is 6.05. The van der Waals surface area contributed by atoms with Gasteiger partial charge in [-0.15, -0.1) is 0 Å². The molecule has 7 aromatic rings. The quantitative estimate of drug-likeness (QED) is 0.166. The summed E-state index contributed by atoms with van der Waals surface area (Å²) in [6, 6.07) is 45.2. The van der Waals surface area contributed by atoms with Crippen molar-refractivity contribution in [2.75, 3.05) is 7.05 Å². The van der Waals surface area contributed by atoms with E-state index in [0.717, 1.165) is 56.2 Å². The van der Waals surface area contributed by atoms with Crippen LogP contribution in [-0.4, -0.2) is 43.6 Å². The molecule has 258 valence electrons. The third-order valence-corrected chi connectivity index (χ3v) is 9.16. The van der Waals surface area contributed by atoms with Crippen LogP contribution in [0.1, 0.15) is 42.3 Å². The molecule has 1 unspecified atom stereocenters. The monoisotopic (exact) mass is 689 g/mol. The molecular formula is C46H39N7. The molecule has 1 aliphatic heterocycles. The Kier molecular flexibility index (Phi) is 10.7. The second kappa shape index (κ2) is 16.4. The number of nitrogens with zero attached hydrogens (tertiary/aromatic N) is 7. The van der Waals surface area contributed by atoms with Gasteiger partial charge in [0.25, 0.3) is 0 Å². The molecule has 0 radical (unpaired) electrons. The number of pyridine rings is 4. The molecule has 53 heavy (non-hydrogen) atoms. The molecule has 0 fully saturated rings. The molecule has 4 aromatic heterocycles. The highest BCUT2D eigenvalue weighted by atomic mass is 15.3. The molecule has 0 saturated carbocycles. The van der Waals surface area contributed by atoms with Gasteiger partial charge in [-0.05, 0) is 90.2 Å². The normalized spacial score (nSPS) is 14.1. The Morgan fingerprint density at radius 3 is 1.55 bits per heavy atom. The molecule has 0 spiro atoms. The molecule has 3 aromatic carbocycles. The van der Waals surface area contributed by atoms with Crippen molar-refractivity contribution in [1.82, 2.24) is 24.8 Å². The summed E-state index contributed by atoms with van der Waals surface area (Å²) >= 11 is 0. The van der Waals surface area contributed by atoms with Crippen LogP contribution in [0.4, 0.5) is 0 Å². The summed E-state index contributed by atoms with van der Waals surface area (Å²) in [6.07, 6.45) is 12.7. The third-order valence-electron chi connectivity index (χ3n) is 9.16. The molecule has 7 nitrogen and oxygen atoms in total. The number of rotatable bonds is 7. The minimum Gasteiger partial charge on any atom is -0.333 e. The van der Waals surface area contributed by atoms with Gasteiger partial charge in [0.1, 0.15) is 12.0 Å². The predicted octanol–water partition coefficient (Wildman–Crippen LogP) is 10.2. The third kappa shape index (κ3) is 8.21. The van der Waals surface area contributed by atoms with Gasteiger partial charge >= 0.3 is 0 Å². The highest BCUT2D eigenvalue weighted by Gasteiger charge is 2.27. The minimum absolute atomic E-state index is 0.250. The van der Waals surface area contributed by atoms with E-state index in [1.54, 1.807) is 0 Å². The Morgan fingerprint density at radius 1 is 0.528 bits per heavy atom. The fourth-order valence-electron chi connectivity index (χ4n) is 6.05. The maximum atomic E-state index is 5.17. The zero-order valence-corrected chi connectivity index (χ0v) is 30.0. The van der Waals surface area contributed by atoms with Gasteiger partial charge in [-0.3, -0.25) is 19.9 Å². The minimum atomic E-state index is -0.250. The molecule has 7 heteroatoms. The van der Waals surface area contributed by atoms with Crippen LogP contribution in [0.15, 0.2) is 187 Å². The molecule has 1 atom stereocenters. The zero-order chi connectivity index (χ0) is 36.4. The lowest BCUT2D eigenvalue weighted by Gasteiger charge is -2.32. The maximum absolute atomic E-state index is 5.17. The van der Waals surface area contributed by atoms with Crippen molar-refractivity contribution in [1.29, 1.82) is 0 Å². The summed E-state index contributed by atoms with van der Waals surface area (Å²) in [5, 5.41) is 0. The van der Waals surface area contributed by atoms with Crippen molar-refractivity contribution in [3.63, 3.8) is 0 Å². The van der Waals surface area contributed by atoms with E-state index in [-0.39, 0.29) is 6.17 Å². The summed E-state index contributed by atoms with van der Waals surface area (Å²) in [5.74, 6) is 1.55. The molecule has 0 amide bonds. The van der Waals surface area contributed by atoms with E-state index < -0.39 is 0 Å². The number of allylic oxidation sites excluding steroid dienone is 2. The lowest BCUT2D eigenvalue weighted by atomic mass is 10.0. The summed E-state index contributed by atoms with van der Waals surface area (Å²) in [7, 11) is 2.05. The highest BCUT2D eigenvalue weighted by Crippen LogP contribution is 2.31. The summed E-state index contributed by atoms with van der Waals surface area (Å²) in [6.45, 7) is 4.13. The molecule has 0 N–H and O–H groups in total. The number of hydrogen-bond donors (Lipinski definition) is 0. The number of benzene rings is 3. The predicted molar refractivity (Wildman–Crippen MR) is 216 cm³/mol. The number of hydrogen-bond acceptors (Lipinski definition) is 7. The number of amidine groups is 2. The van der Waals surface area contributed by atoms with Crippen LogP contribution < -0.4 is 0 Å². The Hall–Kier alpha value is -6.86. The van der Waals surface area contributed by atoms with E-state index in [9.17, 15) is 0 Å². The van der Waals surface area contributed by atoms with Gasteiger partial charge < -0.3 is 4.90 Å². The second-order valence-corrected chi connectivity index (χ2v) is 12.5. The maximum Gasteiger partial charge on any atom is 0.159 e. The van der Waals surface area contributed by atoms with Crippen molar-refractivity contribution < 1.29 is 0 Å². The van der Waals surface area contributed by atoms with E-state index in [0.29, 0.717) is 5.84 Å². The molecule has 0 bridgehead atoms. The zero-order valence-electron chi connectivity index (χ0n) is 30.0. The van der Waals surface area contributed by atoms with E-state index in [1.807, 2.05) is 105 Å².